The fourth-order valence-corrected chi connectivity index (χ4v) is 3.66. The molecule has 0 unspecified atom stereocenters. The molecule has 0 N–H and O–H groups in total. The number of imide groups is 1. The number of allylic oxidation sites excluding steroid dienone is 2. The Hall–Kier alpha value is -3.16. The molecule has 2 heterocycles. The molecular weight excluding hydrogens is 366 g/mol. The second kappa shape index (κ2) is 7.46. The molecule has 4 rings (SSSR count). The van der Waals surface area contributed by atoms with E-state index in [1.807, 2.05) is 12.2 Å². The lowest BCUT2D eigenvalue weighted by atomic mass is 9.85. The Balaban J connectivity index is 1.26. The van der Waals surface area contributed by atoms with Gasteiger partial charge in [0.2, 0.25) is 18.6 Å². The summed E-state index contributed by atoms with van der Waals surface area (Å²) in [5.41, 5.74) is 0.346. The fraction of sp³-hybridized carbons (Fsp3) is 0.400. The highest BCUT2D eigenvalue weighted by Crippen LogP contribution is 2.35. The van der Waals surface area contributed by atoms with Crippen LogP contribution in [0.15, 0.2) is 30.4 Å². The van der Waals surface area contributed by atoms with Crippen LogP contribution in [0.2, 0.25) is 0 Å². The summed E-state index contributed by atoms with van der Waals surface area (Å²) in [6.07, 6.45) is 4.79. The van der Waals surface area contributed by atoms with Gasteiger partial charge in [-0.15, -0.1) is 0 Å². The number of esters is 1. The molecule has 28 heavy (non-hydrogen) atoms. The maximum atomic E-state index is 12.3. The van der Waals surface area contributed by atoms with Crippen molar-refractivity contribution in [2.45, 2.75) is 19.3 Å². The number of hydrogen-bond donors (Lipinski definition) is 0. The van der Waals surface area contributed by atoms with Crippen LogP contribution in [0.4, 0.5) is 0 Å². The van der Waals surface area contributed by atoms with Crippen LogP contribution in [0.3, 0.4) is 0 Å². The van der Waals surface area contributed by atoms with E-state index in [0.29, 0.717) is 29.9 Å². The van der Waals surface area contributed by atoms with Crippen LogP contribution >= 0.6 is 0 Å². The normalized spacial score (nSPS) is 22.4. The van der Waals surface area contributed by atoms with Gasteiger partial charge >= 0.3 is 5.97 Å². The molecule has 3 aliphatic rings. The van der Waals surface area contributed by atoms with Crippen molar-refractivity contribution in [1.82, 2.24) is 4.90 Å². The number of hydrogen-bond acceptors (Lipinski definition) is 7. The van der Waals surface area contributed by atoms with Gasteiger partial charge in [-0.05, 0) is 31.0 Å². The molecule has 1 fully saturated rings. The molecule has 1 aromatic rings. The largest absolute Gasteiger partial charge is 0.457 e. The molecule has 8 nitrogen and oxygen atoms in total. The first-order chi connectivity index (χ1) is 13.5. The van der Waals surface area contributed by atoms with Gasteiger partial charge in [-0.2, -0.15) is 0 Å². The van der Waals surface area contributed by atoms with E-state index >= 15 is 0 Å². The maximum Gasteiger partial charge on any atom is 0.308 e. The first-order valence-corrected chi connectivity index (χ1v) is 9.13. The number of ketones is 1. The van der Waals surface area contributed by atoms with Crippen LogP contribution < -0.4 is 9.47 Å². The molecule has 1 aromatic carbocycles. The van der Waals surface area contributed by atoms with Crippen molar-refractivity contribution in [3.8, 4) is 11.5 Å². The molecule has 146 valence electrons. The number of rotatable bonds is 6. The highest BCUT2D eigenvalue weighted by atomic mass is 16.7. The predicted molar refractivity (Wildman–Crippen MR) is 94.5 cm³/mol. The van der Waals surface area contributed by atoms with Gasteiger partial charge in [0.05, 0.1) is 18.3 Å². The number of likely N-dealkylation sites (tertiary alicyclic amines) is 1. The number of carbonyl (C=O) groups is 4. The maximum absolute atomic E-state index is 12.3. The van der Waals surface area contributed by atoms with Gasteiger partial charge < -0.3 is 14.2 Å². The number of nitrogens with zero attached hydrogens (tertiary/aromatic N) is 1. The third-order valence-corrected chi connectivity index (χ3v) is 5.20. The van der Waals surface area contributed by atoms with E-state index in [0.717, 1.165) is 4.90 Å². The highest BCUT2D eigenvalue weighted by molar-refractivity contribution is 6.05. The van der Waals surface area contributed by atoms with Gasteiger partial charge in [-0.1, -0.05) is 12.2 Å². The summed E-state index contributed by atoms with van der Waals surface area (Å²) in [5, 5.41) is 0. The predicted octanol–water partition coefficient (Wildman–Crippen LogP) is 1.48. The molecule has 8 heteroatoms. The quantitative estimate of drug-likeness (QED) is 0.316. The van der Waals surface area contributed by atoms with E-state index in [2.05, 4.69) is 0 Å². The van der Waals surface area contributed by atoms with Crippen molar-refractivity contribution in [2.75, 3.05) is 19.9 Å². The summed E-state index contributed by atoms with van der Waals surface area (Å²) >= 11 is 0. The second-order valence-electron chi connectivity index (χ2n) is 6.89. The van der Waals surface area contributed by atoms with E-state index in [-0.39, 0.29) is 49.2 Å². The van der Waals surface area contributed by atoms with Gasteiger partial charge in [-0.3, -0.25) is 24.1 Å². The van der Waals surface area contributed by atoms with E-state index in [4.69, 9.17) is 14.2 Å². The first kappa shape index (κ1) is 18.2. The van der Waals surface area contributed by atoms with Crippen molar-refractivity contribution in [2.24, 2.45) is 11.8 Å². The minimum absolute atomic E-state index is 0.0261. The summed E-state index contributed by atoms with van der Waals surface area (Å²) in [5.74, 6) is -1.09. The molecule has 1 aliphatic carbocycles. The topological polar surface area (TPSA) is 99.2 Å². The summed E-state index contributed by atoms with van der Waals surface area (Å²) in [7, 11) is 0. The van der Waals surface area contributed by atoms with Crippen molar-refractivity contribution < 1.29 is 33.4 Å². The summed E-state index contributed by atoms with van der Waals surface area (Å²) in [6, 6.07) is 4.73. The van der Waals surface area contributed by atoms with Crippen LogP contribution in [-0.2, 0) is 19.1 Å². The molecule has 0 radical (unpaired) electrons. The lowest BCUT2D eigenvalue weighted by Crippen LogP contribution is -2.33. The zero-order valence-corrected chi connectivity index (χ0v) is 15.1. The summed E-state index contributed by atoms with van der Waals surface area (Å²) in [6.45, 7) is -0.342. The number of fused-ring (bicyclic) bond motifs is 2. The Morgan fingerprint density at radius 2 is 1.71 bits per heavy atom. The van der Waals surface area contributed by atoms with E-state index in [1.54, 1.807) is 12.1 Å². The Labute approximate surface area is 161 Å². The van der Waals surface area contributed by atoms with Gasteiger partial charge in [0.15, 0.2) is 23.9 Å². The Kier molecular flexibility index (Phi) is 4.85. The molecule has 0 saturated carbocycles. The molecular formula is C20H19NO7. The zero-order valence-electron chi connectivity index (χ0n) is 15.1. The number of ether oxygens (including phenoxy) is 3. The standard InChI is InChI=1S/C20H19NO7/c22-15(12-5-6-16-17(9-12)28-11-27-16)10-26-18(23)7-8-21-19(24)13-3-1-2-4-14(13)20(21)25/h1-2,5-6,9,13-14H,3-4,7-8,10-11H2/t13-,14-/m0/s1. The summed E-state index contributed by atoms with van der Waals surface area (Å²) < 4.78 is 15.4. The first-order valence-electron chi connectivity index (χ1n) is 9.13. The van der Waals surface area contributed by atoms with Crippen LogP contribution in [0, 0.1) is 11.8 Å². The van der Waals surface area contributed by atoms with Crippen LogP contribution in [0.25, 0.3) is 0 Å². The Morgan fingerprint density at radius 1 is 1.04 bits per heavy atom. The molecule has 2 atom stereocenters. The summed E-state index contributed by atoms with van der Waals surface area (Å²) in [4.78, 5) is 50.0. The zero-order chi connectivity index (χ0) is 19.7. The Morgan fingerprint density at radius 3 is 2.43 bits per heavy atom. The van der Waals surface area contributed by atoms with Gasteiger partial charge in [-0.25, -0.2) is 0 Å². The van der Waals surface area contributed by atoms with Gasteiger partial charge in [0.25, 0.3) is 0 Å². The minimum atomic E-state index is -0.636. The lowest BCUT2D eigenvalue weighted by molar-refractivity contribution is -0.145. The third kappa shape index (κ3) is 3.37. The van der Waals surface area contributed by atoms with E-state index < -0.39 is 12.6 Å². The van der Waals surface area contributed by atoms with Crippen LogP contribution in [0.5, 0.6) is 11.5 Å². The van der Waals surface area contributed by atoms with Crippen molar-refractivity contribution >= 4 is 23.6 Å². The number of benzene rings is 1. The van der Waals surface area contributed by atoms with Crippen molar-refractivity contribution in [3.63, 3.8) is 0 Å². The molecule has 0 aromatic heterocycles. The second-order valence-corrected chi connectivity index (χ2v) is 6.89. The van der Waals surface area contributed by atoms with Crippen LogP contribution in [0.1, 0.15) is 29.6 Å². The van der Waals surface area contributed by atoms with Gasteiger partial charge in [0, 0.05) is 12.1 Å². The molecule has 2 aliphatic heterocycles. The van der Waals surface area contributed by atoms with E-state index in [1.165, 1.54) is 6.07 Å². The van der Waals surface area contributed by atoms with Crippen molar-refractivity contribution in [1.29, 1.82) is 0 Å². The average Bonchev–Trinajstić information content (AvgIpc) is 3.28. The Bertz CT molecular complexity index is 849. The minimum Gasteiger partial charge on any atom is -0.457 e. The highest BCUT2D eigenvalue weighted by Gasteiger charge is 2.46. The molecule has 0 spiro atoms. The fourth-order valence-electron chi connectivity index (χ4n) is 3.66. The average molecular weight is 385 g/mol. The third-order valence-electron chi connectivity index (χ3n) is 5.20. The molecule has 1 saturated heterocycles. The van der Waals surface area contributed by atoms with Crippen molar-refractivity contribution in [3.05, 3.63) is 35.9 Å². The monoisotopic (exact) mass is 385 g/mol. The molecule has 0 bridgehead atoms. The van der Waals surface area contributed by atoms with Crippen LogP contribution in [-0.4, -0.2) is 48.4 Å². The number of Topliss-reactive ketones (excluding diaryl/α,β-unsaturated/α-hetero) is 1. The van der Waals surface area contributed by atoms with E-state index in [9.17, 15) is 19.2 Å². The molecule has 2 amide bonds. The number of amides is 2. The smallest absolute Gasteiger partial charge is 0.308 e. The number of carbonyl (C=O) groups excluding carboxylic acids is 4. The lowest BCUT2D eigenvalue weighted by Gasteiger charge is -2.14. The SMILES string of the molecule is O=C(CCN1C(=O)[C@H]2CC=CC[C@@H]2C1=O)OCC(=O)c1ccc2c(c1)OCO2. The van der Waals surface area contributed by atoms with Gasteiger partial charge in [0.1, 0.15) is 0 Å².